The molecule has 2 aromatic rings. The summed E-state index contributed by atoms with van der Waals surface area (Å²) in [6.45, 7) is 3.37. The van der Waals surface area contributed by atoms with E-state index < -0.39 is 11.7 Å². The van der Waals surface area contributed by atoms with Gasteiger partial charge in [-0.3, -0.25) is 4.90 Å². The van der Waals surface area contributed by atoms with Crippen LogP contribution in [0.15, 0.2) is 36.4 Å². The van der Waals surface area contributed by atoms with E-state index in [9.17, 15) is 13.2 Å². The molecule has 0 bridgehead atoms. The molecule has 1 fully saturated rings. The van der Waals surface area contributed by atoms with Crippen LogP contribution >= 0.6 is 0 Å². The lowest BCUT2D eigenvalue weighted by Gasteiger charge is -2.36. The Balaban J connectivity index is 1.66. The number of methoxy groups -OCH3 is 2. The molecule has 0 amide bonds. The standard InChI is InChI=1S/C21H22F3N3O2/c1-28-19-6-3-15(11-20(19)29-2)14-26-7-9-27(10-8-26)17-5-4-16(13-25)18(12-17)21(22,23)24/h3-6,11-12H,7-10,14H2,1-2H3. The van der Waals surface area contributed by atoms with Crippen molar-refractivity contribution in [3.8, 4) is 17.6 Å². The summed E-state index contributed by atoms with van der Waals surface area (Å²) in [6.07, 6.45) is -4.55. The van der Waals surface area contributed by atoms with Crippen molar-refractivity contribution < 1.29 is 22.6 Å². The van der Waals surface area contributed by atoms with Crippen LogP contribution in [0.25, 0.3) is 0 Å². The van der Waals surface area contributed by atoms with Crippen LogP contribution < -0.4 is 14.4 Å². The van der Waals surface area contributed by atoms with Gasteiger partial charge in [0.2, 0.25) is 0 Å². The van der Waals surface area contributed by atoms with Gasteiger partial charge in [-0.25, -0.2) is 0 Å². The van der Waals surface area contributed by atoms with E-state index in [-0.39, 0.29) is 5.56 Å². The molecule has 1 aliphatic heterocycles. The van der Waals surface area contributed by atoms with Crippen molar-refractivity contribution in [2.75, 3.05) is 45.3 Å². The Morgan fingerprint density at radius 2 is 1.66 bits per heavy atom. The highest BCUT2D eigenvalue weighted by molar-refractivity contribution is 5.55. The minimum absolute atomic E-state index is 0.353. The summed E-state index contributed by atoms with van der Waals surface area (Å²) >= 11 is 0. The number of ether oxygens (including phenoxy) is 2. The van der Waals surface area contributed by atoms with Gasteiger partial charge in [0, 0.05) is 38.4 Å². The zero-order chi connectivity index (χ0) is 21.0. The normalized spacial score (nSPS) is 15.1. The van der Waals surface area contributed by atoms with E-state index in [2.05, 4.69) is 4.90 Å². The van der Waals surface area contributed by atoms with Crippen LogP contribution in [-0.2, 0) is 12.7 Å². The predicted molar refractivity (Wildman–Crippen MR) is 103 cm³/mol. The number of nitriles is 1. The summed E-state index contributed by atoms with van der Waals surface area (Å²) in [6, 6.07) is 11.3. The molecule has 2 aromatic carbocycles. The van der Waals surface area contributed by atoms with Crippen LogP contribution in [0.4, 0.5) is 18.9 Å². The number of anilines is 1. The Hall–Kier alpha value is -2.92. The average molecular weight is 405 g/mol. The highest BCUT2D eigenvalue weighted by Gasteiger charge is 2.34. The van der Waals surface area contributed by atoms with Crippen LogP contribution in [0.1, 0.15) is 16.7 Å². The van der Waals surface area contributed by atoms with Crippen LogP contribution in [0.2, 0.25) is 0 Å². The molecule has 0 unspecified atom stereocenters. The van der Waals surface area contributed by atoms with Crippen LogP contribution in [-0.4, -0.2) is 45.3 Å². The zero-order valence-corrected chi connectivity index (χ0v) is 16.3. The molecule has 0 aromatic heterocycles. The molecule has 0 atom stereocenters. The first-order chi connectivity index (χ1) is 13.9. The third-order valence-electron chi connectivity index (χ3n) is 5.02. The maximum absolute atomic E-state index is 13.2. The molecule has 0 spiro atoms. The molecule has 1 aliphatic rings. The van der Waals surface area contributed by atoms with Crippen LogP contribution in [0, 0.1) is 11.3 Å². The van der Waals surface area contributed by atoms with Gasteiger partial charge in [0.15, 0.2) is 11.5 Å². The van der Waals surface area contributed by atoms with Gasteiger partial charge >= 0.3 is 6.18 Å². The summed E-state index contributed by atoms with van der Waals surface area (Å²) < 4.78 is 50.2. The molecule has 5 nitrogen and oxygen atoms in total. The minimum Gasteiger partial charge on any atom is -0.493 e. The van der Waals surface area contributed by atoms with E-state index in [4.69, 9.17) is 14.7 Å². The Labute approximate surface area is 167 Å². The second-order valence-corrected chi connectivity index (χ2v) is 6.79. The molecule has 3 rings (SSSR count). The quantitative estimate of drug-likeness (QED) is 0.755. The fourth-order valence-corrected chi connectivity index (χ4v) is 3.46. The Bertz CT molecular complexity index is 901. The van der Waals surface area contributed by atoms with Crippen molar-refractivity contribution in [2.45, 2.75) is 12.7 Å². The molecule has 0 saturated carbocycles. The van der Waals surface area contributed by atoms with Gasteiger partial charge in [0.25, 0.3) is 0 Å². The molecule has 154 valence electrons. The lowest BCUT2D eigenvalue weighted by atomic mass is 10.1. The van der Waals surface area contributed by atoms with Gasteiger partial charge in [0.1, 0.15) is 0 Å². The highest BCUT2D eigenvalue weighted by Crippen LogP contribution is 2.35. The van der Waals surface area contributed by atoms with Gasteiger partial charge in [-0.05, 0) is 35.9 Å². The first-order valence-electron chi connectivity index (χ1n) is 9.15. The van der Waals surface area contributed by atoms with E-state index in [1.165, 1.54) is 6.07 Å². The summed E-state index contributed by atoms with van der Waals surface area (Å²) in [5, 5.41) is 8.94. The predicted octanol–water partition coefficient (Wildman–Crippen LogP) is 3.92. The number of benzene rings is 2. The van der Waals surface area contributed by atoms with Gasteiger partial charge in [-0.15, -0.1) is 0 Å². The van der Waals surface area contributed by atoms with Gasteiger partial charge < -0.3 is 14.4 Å². The maximum atomic E-state index is 13.2. The van der Waals surface area contributed by atoms with Crippen molar-refractivity contribution >= 4 is 5.69 Å². The number of rotatable bonds is 5. The number of nitrogens with zero attached hydrogens (tertiary/aromatic N) is 3. The lowest BCUT2D eigenvalue weighted by Crippen LogP contribution is -2.46. The topological polar surface area (TPSA) is 48.7 Å². The fraction of sp³-hybridized carbons (Fsp3) is 0.381. The first-order valence-corrected chi connectivity index (χ1v) is 9.15. The van der Waals surface area contributed by atoms with Gasteiger partial charge in [-0.1, -0.05) is 6.07 Å². The fourth-order valence-electron chi connectivity index (χ4n) is 3.46. The highest BCUT2D eigenvalue weighted by atomic mass is 19.4. The van der Waals surface area contributed by atoms with E-state index in [0.717, 1.165) is 31.3 Å². The molecule has 8 heteroatoms. The number of hydrogen-bond acceptors (Lipinski definition) is 5. The molecule has 29 heavy (non-hydrogen) atoms. The maximum Gasteiger partial charge on any atom is 0.417 e. The monoisotopic (exact) mass is 405 g/mol. The number of piperazine rings is 1. The third-order valence-corrected chi connectivity index (χ3v) is 5.02. The SMILES string of the molecule is COc1ccc(CN2CCN(c3ccc(C#N)c(C(F)(F)F)c3)CC2)cc1OC. The molecule has 1 heterocycles. The van der Waals surface area contributed by atoms with Gasteiger partial charge in [0.05, 0.1) is 31.4 Å². The number of alkyl halides is 3. The Kier molecular flexibility index (Phi) is 6.18. The Morgan fingerprint density at radius 1 is 0.966 bits per heavy atom. The average Bonchev–Trinajstić information content (AvgIpc) is 2.73. The van der Waals surface area contributed by atoms with E-state index in [1.54, 1.807) is 26.4 Å². The van der Waals surface area contributed by atoms with Crippen LogP contribution in [0.5, 0.6) is 11.5 Å². The van der Waals surface area contributed by atoms with Crippen molar-refractivity contribution in [3.05, 3.63) is 53.1 Å². The third kappa shape index (κ3) is 4.74. The van der Waals surface area contributed by atoms with Crippen molar-refractivity contribution in [1.29, 1.82) is 5.26 Å². The van der Waals surface area contributed by atoms with Crippen molar-refractivity contribution in [3.63, 3.8) is 0 Å². The van der Waals surface area contributed by atoms with E-state index >= 15 is 0 Å². The first kappa shape index (κ1) is 20.8. The molecular weight excluding hydrogens is 383 g/mol. The molecule has 0 radical (unpaired) electrons. The lowest BCUT2D eigenvalue weighted by molar-refractivity contribution is -0.137. The van der Waals surface area contributed by atoms with Crippen molar-refractivity contribution in [1.82, 2.24) is 4.90 Å². The number of hydrogen-bond donors (Lipinski definition) is 0. The molecular formula is C21H22F3N3O2. The molecule has 0 N–H and O–H groups in total. The van der Waals surface area contributed by atoms with E-state index in [1.807, 2.05) is 23.1 Å². The Morgan fingerprint density at radius 3 is 2.24 bits per heavy atom. The van der Waals surface area contributed by atoms with Gasteiger partial charge in [-0.2, -0.15) is 18.4 Å². The zero-order valence-electron chi connectivity index (χ0n) is 16.3. The summed E-state index contributed by atoms with van der Waals surface area (Å²) in [5.41, 5.74) is 0.328. The van der Waals surface area contributed by atoms with E-state index in [0.29, 0.717) is 30.3 Å². The minimum atomic E-state index is -4.55. The summed E-state index contributed by atoms with van der Waals surface area (Å²) in [4.78, 5) is 4.16. The molecule has 1 saturated heterocycles. The van der Waals surface area contributed by atoms with Crippen LogP contribution in [0.3, 0.4) is 0 Å². The largest absolute Gasteiger partial charge is 0.493 e. The second kappa shape index (κ2) is 8.62. The second-order valence-electron chi connectivity index (χ2n) is 6.79. The smallest absolute Gasteiger partial charge is 0.417 e. The number of halogens is 3. The summed E-state index contributed by atoms with van der Waals surface area (Å²) in [5.74, 6) is 1.34. The van der Waals surface area contributed by atoms with Crippen molar-refractivity contribution in [2.24, 2.45) is 0 Å². The molecule has 0 aliphatic carbocycles. The summed E-state index contributed by atoms with van der Waals surface area (Å²) in [7, 11) is 3.18.